The van der Waals surface area contributed by atoms with E-state index >= 15 is 0 Å². The molecule has 0 bridgehead atoms. The highest BCUT2D eigenvalue weighted by Crippen LogP contribution is 2.36. The summed E-state index contributed by atoms with van der Waals surface area (Å²) in [6.07, 6.45) is -14.3. The number of carboxylic acid groups (broad SMARTS) is 1. The molecule has 0 saturated carbocycles. The fourth-order valence-corrected chi connectivity index (χ4v) is 0.168. The van der Waals surface area contributed by atoms with Crippen molar-refractivity contribution in [2.24, 2.45) is 0 Å². The number of carbonyl (C=O) groups is 1. The molecule has 0 aliphatic rings. The molecule has 1 N–H and O–H groups in total. The first-order chi connectivity index (χ1) is 4.67. The van der Waals surface area contributed by atoms with E-state index in [1.807, 2.05) is 0 Å². The third kappa shape index (κ3) is 2.56. The maximum absolute atomic E-state index is 11.5. The van der Waals surface area contributed by atoms with Gasteiger partial charge in [-0.05, 0) is 0 Å². The van der Waals surface area contributed by atoms with Crippen LogP contribution >= 0.6 is 0 Å². The van der Waals surface area contributed by atoms with Gasteiger partial charge in [0.2, 0.25) is 0 Å². The van der Waals surface area contributed by atoms with Crippen LogP contribution in [0.1, 0.15) is 0 Å². The molecule has 0 aromatic heterocycles. The van der Waals surface area contributed by atoms with Gasteiger partial charge in [-0.3, -0.25) is 0 Å². The zero-order valence-corrected chi connectivity index (χ0v) is 4.65. The third-order valence-electron chi connectivity index (χ3n) is 0.546. The number of alkyl halides is 5. The van der Waals surface area contributed by atoms with Crippen LogP contribution in [0.15, 0.2) is 0 Å². The summed E-state index contributed by atoms with van der Waals surface area (Å²) in [5.74, 6) is 0. The summed E-state index contributed by atoms with van der Waals surface area (Å²) in [6, 6.07) is 0. The zero-order valence-electron chi connectivity index (χ0n) is 4.65. The summed E-state index contributed by atoms with van der Waals surface area (Å²) >= 11 is 0. The molecule has 0 aliphatic heterocycles. The molecule has 66 valence electrons. The highest BCUT2D eigenvalue weighted by Gasteiger charge is 2.62. The van der Waals surface area contributed by atoms with Crippen LogP contribution in [0.4, 0.5) is 26.7 Å². The lowest BCUT2D eigenvalue weighted by atomic mass is 10.6. The van der Waals surface area contributed by atoms with E-state index < -0.39 is 18.4 Å². The fraction of sp³-hybridized carbons (Fsp3) is 0.667. The Kier molecular flexibility index (Phi) is 2.27. The molecule has 0 saturated heterocycles. The number of hydrogen-bond acceptors (Lipinski definition) is 2. The SMILES string of the molecule is O=C(O)OC(F)(F)C(F)(F)F. The van der Waals surface area contributed by atoms with Crippen LogP contribution in [-0.2, 0) is 4.74 Å². The molecule has 11 heavy (non-hydrogen) atoms. The van der Waals surface area contributed by atoms with Gasteiger partial charge in [-0.1, -0.05) is 0 Å². The van der Waals surface area contributed by atoms with Crippen molar-refractivity contribution in [2.75, 3.05) is 0 Å². The average Bonchev–Trinajstić information content (AvgIpc) is 1.56. The summed E-state index contributed by atoms with van der Waals surface area (Å²) in [5, 5.41) is 7.41. The predicted octanol–water partition coefficient (Wildman–Crippen LogP) is 1.84. The molecule has 0 rings (SSSR count). The zero-order chi connectivity index (χ0) is 9.28. The van der Waals surface area contributed by atoms with Crippen molar-refractivity contribution < 1.29 is 36.6 Å². The molecule has 0 heterocycles. The molecule has 0 fully saturated rings. The minimum Gasteiger partial charge on any atom is -0.450 e. The summed E-state index contributed by atoms with van der Waals surface area (Å²) < 4.78 is 58.3. The Hall–Kier alpha value is -1.08. The highest BCUT2D eigenvalue weighted by atomic mass is 19.4. The lowest BCUT2D eigenvalue weighted by Crippen LogP contribution is -2.40. The van der Waals surface area contributed by atoms with Gasteiger partial charge in [0.1, 0.15) is 0 Å². The molecular formula is C3HF5O3. The monoisotopic (exact) mass is 180 g/mol. The van der Waals surface area contributed by atoms with E-state index in [4.69, 9.17) is 5.11 Å². The largest absolute Gasteiger partial charge is 0.510 e. The standard InChI is InChI=1S/C3HF5O3/c4-2(5,6)3(7,8)11-1(9)10/h(H,9,10). The van der Waals surface area contributed by atoms with Crippen LogP contribution in [0.25, 0.3) is 0 Å². The maximum atomic E-state index is 11.5. The normalized spacial score (nSPS) is 12.8. The van der Waals surface area contributed by atoms with Gasteiger partial charge in [0.05, 0.1) is 0 Å². The van der Waals surface area contributed by atoms with Gasteiger partial charge in [0, 0.05) is 0 Å². The summed E-state index contributed by atoms with van der Waals surface area (Å²) in [4.78, 5) is 9.26. The molecule has 8 heteroatoms. The first kappa shape index (κ1) is 9.92. The fourth-order valence-electron chi connectivity index (χ4n) is 0.168. The molecule has 0 aromatic carbocycles. The molecule has 0 aromatic rings. The Balaban J connectivity index is 4.34. The molecule has 0 radical (unpaired) electrons. The third-order valence-corrected chi connectivity index (χ3v) is 0.546. The smallest absolute Gasteiger partial charge is 0.450 e. The van der Waals surface area contributed by atoms with Crippen molar-refractivity contribution in [1.82, 2.24) is 0 Å². The van der Waals surface area contributed by atoms with E-state index in [1.54, 1.807) is 0 Å². The first-order valence-corrected chi connectivity index (χ1v) is 2.03. The van der Waals surface area contributed by atoms with E-state index in [-0.39, 0.29) is 0 Å². The molecule has 0 atom stereocenters. The van der Waals surface area contributed by atoms with Crippen molar-refractivity contribution in [1.29, 1.82) is 0 Å². The van der Waals surface area contributed by atoms with E-state index in [0.29, 0.717) is 0 Å². The number of halogens is 5. The molecule has 0 amide bonds. The topological polar surface area (TPSA) is 46.5 Å². The molecule has 0 aliphatic carbocycles. The number of rotatable bonds is 1. The second kappa shape index (κ2) is 2.51. The Morgan fingerprint density at radius 2 is 1.55 bits per heavy atom. The lowest BCUT2D eigenvalue weighted by Gasteiger charge is -2.16. The van der Waals surface area contributed by atoms with Crippen molar-refractivity contribution >= 4 is 6.16 Å². The van der Waals surface area contributed by atoms with Crippen LogP contribution in [0, 0.1) is 0 Å². The van der Waals surface area contributed by atoms with E-state index in [2.05, 4.69) is 4.74 Å². The maximum Gasteiger partial charge on any atom is 0.510 e. The van der Waals surface area contributed by atoms with E-state index in [0.717, 1.165) is 0 Å². The van der Waals surface area contributed by atoms with Crippen LogP contribution < -0.4 is 0 Å². The van der Waals surface area contributed by atoms with Gasteiger partial charge in [-0.15, -0.1) is 0 Å². The van der Waals surface area contributed by atoms with Crippen LogP contribution in [0.2, 0.25) is 0 Å². The number of hydrogen-bond donors (Lipinski definition) is 1. The predicted molar refractivity (Wildman–Crippen MR) is 20.1 cm³/mol. The van der Waals surface area contributed by atoms with Gasteiger partial charge >= 0.3 is 18.4 Å². The van der Waals surface area contributed by atoms with Crippen molar-refractivity contribution in [3.8, 4) is 0 Å². The van der Waals surface area contributed by atoms with Crippen LogP contribution in [-0.4, -0.2) is 23.5 Å². The van der Waals surface area contributed by atoms with Crippen LogP contribution in [0.3, 0.4) is 0 Å². The highest BCUT2D eigenvalue weighted by molar-refractivity contribution is 5.57. The van der Waals surface area contributed by atoms with Crippen molar-refractivity contribution in [2.45, 2.75) is 12.3 Å². The Labute approximate surface area is 56.4 Å². The van der Waals surface area contributed by atoms with Gasteiger partial charge < -0.3 is 9.84 Å². The van der Waals surface area contributed by atoms with Gasteiger partial charge in [0.15, 0.2) is 0 Å². The molecule has 3 nitrogen and oxygen atoms in total. The Morgan fingerprint density at radius 1 is 1.18 bits per heavy atom. The van der Waals surface area contributed by atoms with Gasteiger partial charge in [-0.25, -0.2) is 4.79 Å². The second-order valence-corrected chi connectivity index (χ2v) is 1.38. The lowest BCUT2D eigenvalue weighted by molar-refractivity contribution is -0.373. The summed E-state index contributed by atoms with van der Waals surface area (Å²) in [5.41, 5.74) is 0. The minimum atomic E-state index is -6.01. The average molecular weight is 180 g/mol. The van der Waals surface area contributed by atoms with Crippen molar-refractivity contribution in [3.05, 3.63) is 0 Å². The summed E-state index contributed by atoms with van der Waals surface area (Å²) in [7, 11) is 0. The molecular weight excluding hydrogens is 179 g/mol. The van der Waals surface area contributed by atoms with Gasteiger partial charge in [0.25, 0.3) is 0 Å². The Morgan fingerprint density at radius 3 is 1.64 bits per heavy atom. The molecule has 0 spiro atoms. The van der Waals surface area contributed by atoms with Crippen molar-refractivity contribution in [3.63, 3.8) is 0 Å². The molecule has 0 unspecified atom stereocenters. The van der Waals surface area contributed by atoms with E-state index in [1.165, 1.54) is 0 Å². The second-order valence-electron chi connectivity index (χ2n) is 1.38. The summed E-state index contributed by atoms with van der Waals surface area (Å²) in [6.45, 7) is 0. The number of ether oxygens (including phenoxy) is 1. The van der Waals surface area contributed by atoms with E-state index in [9.17, 15) is 26.7 Å². The Bertz CT molecular complexity index is 161. The quantitative estimate of drug-likeness (QED) is 0.494. The van der Waals surface area contributed by atoms with Gasteiger partial charge in [-0.2, -0.15) is 22.0 Å². The van der Waals surface area contributed by atoms with Crippen LogP contribution in [0.5, 0.6) is 0 Å². The first-order valence-electron chi connectivity index (χ1n) is 2.03. The minimum absolute atomic E-state index is 2.26.